The number of hydrogen-bond acceptors (Lipinski definition) is 2. The molecule has 0 spiro atoms. The number of carbonyl (C=O) groups excluding carboxylic acids is 1. The van der Waals surface area contributed by atoms with Crippen molar-refractivity contribution >= 4 is 11.7 Å². The van der Waals surface area contributed by atoms with E-state index in [9.17, 15) is 4.79 Å². The lowest BCUT2D eigenvalue weighted by Gasteiger charge is -2.24. The van der Waals surface area contributed by atoms with Gasteiger partial charge in [0, 0.05) is 18.8 Å². The molecule has 4 heteroatoms. The second-order valence-corrected chi connectivity index (χ2v) is 6.10. The van der Waals surface area contributed by atoms with Crippen LogP contribution in [0, 0.1) is 5.41 Å². The second-order valence-electron chi connectivity index (χ2n) is 6.10. The van der Waals surface area contributed by atoms with Crippen LogP contribution in [0.1, 0.15) is 45.2 Å². The Balaban J connectivity index is 2.71. The molecule has 0 atom stereocenters. The van der Waals surface area contributed by atoms with E-state index in [4.69, 9.17) is 5.11 Å². The monoisotopic (exact) mass is 292 g/mol. The highest BCUT2D eigenvalue weighted by molar-refractivity contribution is 5.91. The number of carbonyl (C=O) groups is 1. The number of anilines is 1. The SMILES string of the molecule is CCc1cccc(CC)c1NC(=O)NCC(C)(C)CCO. The van der Waals surface area contributed by atoms with Gasteiger partial charge in [0.2, 0.25) is 0 Å². The summed E-state index contributed by atoms with van der Waals surface area (Å²) in [6.45, 7) is 8.90. The fraction of sp³-hybridized carbons (Fsp3) is 0.588. The highest BCUT2D eigenvalue weighted by Gasteiger charge is 2.18. The summed E-state index contributed by atoms with van der Waals surface area (Å²) in [5.41, 5.74) is 3.13. The Hall–Kier alpha value is -1.55. The zero-order valence-electron chi connectivity index (χ0n) is 13.6. The molecule has 2 amide bonds. The van der Waals surface area contributed by atoms with Gasteiger partial charge in [-0.3, -0.25) is 0 Å². The third kappa shape index (κ3) is 5.38. The van der Waals surface area contributed by atoms with Crippen molar-refractivity contribution in [3.8, 4) is 0 Å². The number of benzene rings is 1. The molecule has 0 unspecified atom stereocenters. The third-order valence-electron chi connectivity index (χ3n) is 3.75. The smallest absolute Gasteiger partial charge is 0.319 e. The molecule has 21 heavy (non-hydrogen) atoms. The van der Waals surface area contributed by atoms with Gasteiger partial charge >= 0.3 is 6.03 Å². The summed E-state index contributed by atoms with van der Waals surface area (Å²) >= 11 is 0. The number of aryl methyl sites for hydroxylation is 2. The van der Waals surface area contributed by atoms with E-state index >= 15 is 0 Å². The fourth-order valence-corrected chi connectivity index (χ4v) is 2.27. The van der Waals surface area contributed by atoms with Crippen molar-refractivity contribution in [2.24, 2.45) is 5.41 Å². The van der Waals surface area contributed by atoms with E-state index in [1.165, 1.54) is 0 Å². The Kier molecular flexibility index (Phi) is 6.69. The third-order valence-corrected chi connectivity index (χ3v) is 3.75. The Labute approximate surface area is 128 Å². The highest BCUT2D eigenvalue weighted by atomic mass is 16.3. The quantitative estimate of drug-likeness (QED) is 0.722. The molecular weight excluding hydrogens is 264 g/mol. The standard InChI is InChI=1S/C17H28N2O2/c1-5-13-8-7-9-14(6-2)15(13)19-16(21)18-12-17(3,4)10-11-20/h7-9,20H,5-6,10-12H2,1-4H3,(H2,18,19,21). The van der Waals surface area contributed by atoms with Gasteiger partial charge < -0.3 is 15.7 Å². The molecule has 0 fully saturated rings. The minimum Gasteiger partial charge on any atom is -0.396 e. The predicted molar refractivity (Wildman–Crippen MR) is 87.7 cm³/mol. The summed E-state index contributed by atoms with van der Waals surface area (Å²) in [6.07, 6.45) is 2.44. The van der Waals surface area contributed by atoms with E-state index in [0.29, 0.717) is 13.0 Å². The van der Waals surface area contributed by atoms with E-state index in [-0.39, 0.29) is 18.1 Å². The first kappa shape index (κ1) is 17.5. The molecule has 3 N–H and O–H groups in total. The number of para-hydroxylation sites is 1. The van der Waals surface area contributed by atoms with E-state index in [2.05, 4.69) is 24.5 Å². The van der Waals surface area contributed by atoms with Gasteiger partial charge in [-0.25, -0.2) is 4.79 Å². The van der Waals surface area contributed by atoms with Gasteiger partial charge in [-0.05, 0) is 35.8 Å². The van der Waals surface area contributed by atoms with E-state index in [1.807, 2.05) is 32.0 Å². The number of nitrogens with one attached hydrogen (secondary N) is 2. The Morgan fingerprint density at radius 3 is 2.24 bits per heavy atom. The summed E-state index contributed by atoms with van der Waals surface area (Å²) in [5, 5.41) is 14.9. The molecule has 0 saturated carbocycles. The number of hydrogen-bond donors (Lipinski definition) is 3. The number of aliphatic hydroxyl groups is 1. The first-order valence-corrected chi connectivity index (χ1v) is 7.70. The van der Waals surface area contributed by atoms with Crippen LogP contribution in [0.2, 0.25) is 0 Å². The molecular formula is C17H28N2O2. The van der Waals surface area contributed by atoms with E-state index < -0.39 is 0 Å². The summed E-state index contributed by atoms with van der Waals surface area (Å²) in [4.78, 5) is 12.1. The molecule has 0 aliphatic rings. The van der Waals surface area contributed by atoms with E-state index in [1.54, 1.807) is 0 Å². The second kappa shape index (κ2) is 8.03. The number of rotatable bonds is 7. The van der Waals surface area contributed by atoms with Crippen LogP contribution in [0.25, 0.3) is 0 Å². The zero-order valence-corrected chi connectivity index (χ0v) is 13.6. The molecule has 4 nitrogen and oxygen atoms in total. The Bertz CT molecular complexity index is 448. The number of aliphatic hydroxyl groups excluding tert-OH is 1. The Morgan fingerprint density at radius 2 is 1.76 bits per heavy atom. The van der Waals surface area contributed by atoms with Crippen molar-refractivity contribution in [2.75, 3.05) is 18.5 Å². The van der Waals surface area contributed by atoms with Crippen molar-refractivity contribution in [2.45, 2.75) is 47.0 Å². The topological polar surface area (TPSA) is 61.4 Å². The summed E-state index contributed by atoms with van der Waals surface area (Å²) < 4.78 is 0. The normalized spacial score (nSPS) is 11.3. The molecule has 0 aliphatic carbocycles. The van der Waals surface area contributed by atoms with Gasteiger partial charge in [0.05, 0.1) is 0 Å². The lowest BCUT2D eigenvalue weighted by Crippen LogP contribution is -2.37. The van der Waals surface area contributed by atoms with Gasteiger partial charge in [-0.15, -0.1) is 0 Å². The van der Waals surface area contributed by atoms with Crippen molar-refractivity contribution < 1.29 is 9.90 Å². The molecule has 1 aromatic carbocycles. The number of urea groups is 1. The molecule has 0 saturated heterocycles. The minimum atomic E-state index is -0.184. The molecule has 1 rings (SSSR count). The van der Waals surface area contributed by atoms with Gasteiger partial charge in [0.1, 0.15) is 0 Å². The van der Waals surface area contributed by atoms with Gasteiger partial charge in [-0.1, -0.05) is 45.9 Å². The first-order chi connectivity index (χ1) is 9.93. The van der Waals surface area contributed by atoms with Crippen LogP contribution in [0.15, 0.2) is 18.2 Å². The van der Waals surface area contributed by atoms with Crippen LogP contribution in [-0.2, 0) is 12.8 Å². The lowest BCUT2D eigenvalue weighted by atomic mass is 9.90. The molecule has 0 aliphatic heterocycles. The van der Waals surface area contributed by atoms with Crippen molar-refractivity contribution in [3.63, 3.8) is 0 Å². The molecule has 0 bridgehead atoms. The summed E-state index contributed by atoms with van der Waals surface area (Å²) in [5.74, 6) is 0. The van der Waals surface area contributed by atoms with Crippen LogP contribution >= 0.6 is 0 Å². The van der Waals surface area contributed by atoms with E-state index in [0.717, 1.165) is 29.7 Å². The minimum absolute atomic E-state index is 0.107. The molecule has 0 heterocycles. The number of amides is 2. The molecule has 0 aromatic heterocycles. The van der Waals surface area contributed by atoms with Crippen LogP contribution in [0.5, 0.6) is 0 Å². The van der Waals surface area contributed by atoms with Gasteiger partial charge in [0.25, 0.3) is 0 Å². The molecule has 0 radical (unpaired) electrons. The maximum Gasteiger partial charge on any atom is 0.319 e. The van der Waals surface area contributed by atoms with Gasteiger partial charge in [-0.2, -0.15) is 0 Å². The predicted octanol–water partition coefficient (Wildman–Crippen LogP) is 3.34. The first-order valence-electron chi connectivity index (χ1n) is 7.70. The van der Waals surface area contributed by atoms with Crippen LogP contribution < -0.4 is 10.6 Å². The van der Waals surface area contributed by atoms with Crippen LogP contribution in [-0.4, -0.2) is 24.3 Å². The average Bonchev–Trinajstić information content (AvgIpc) is 2.45. The largest absolute Gasteiger partial charge is 0.396 e. The Morgan fingerprint density at radius 1 is 1.19 bits per heavy atom. The summed E-state index contributed by atoms with van der Waals surface area (Å²) in [6, 6.07) is 5.94. The van der Waals surface area contributed by atoms with Crippen LogP contribution in [0.4, 0.5) is 10.5 Å². The fourth-order valence-electron chi connectivity index (χ4n) is 2.27. The maximum absolute atomic E-state index is 12.1. The van der Waals surface area contributed by atoms with Crippen molar-refractivity contribution in [3.05, 3.63) is 29.3 Å². The average molecular weight is 292 g/mol. The lowest BCUT2D eigenvalue weighted by molar-refractivity contribution is 0.204. The van der Waals surface area contributed by atoms with Crippen molar-refractivity contribution in [1.82, 2.24) is 5.32 Å². The molecule has 118 valence electrons. The van der Waals surface area contributed by atoms with Gasteiger partial charge in [0.15, 0.2) is 0 Å². The summed E-state index contributed by atoms with van der Waals surface area (Å²) in [7, 11) is 0. The highest BCUT2D eigenvalue weighted by Crippen LogP contribution is 2.23. The van der Waals surface area contributed by atoms with Crippen LogP contribution in [0.3, 0.4) is 0 Å². The zero-order chi connectivity index (χ0) is 15.9. The van der Waals surface area contributed by atoms with Crippen molar-refractivity contribution in [1.29, 1.82) is 0 Å². The molecule has 1 aromatic rings. The maximum atomic E-state index is 12.1.